The molecule has 3 rings (SSSR count). The first kappa shape index (κ1) is 12.4. The van der Waals surface area contributed by atoms with E-state index in [4.69, 9.17) is 9.72 Å². The molecule has 0 unspecified atom stereocenters. The summed E-state index contributed by atoms with van der Waals surface area (Å²) in [7, 11) is 1.71. The van der Waals surface area contributed by atoms with Gasteiger partial charge in [0.2, 0.25) is 0 Å². The predicted octanol–water partition coefficient (Wildman–Crippen LogP) is 2.06. The Bertz CT molecular complexity index is 517. The maximum absolute atomic E-state index is 9.38. The van der Waals surface area contributed by atoms with E-state index in [0.717, 1.165) is 37.2 Å². The summed E-state index contributed by atoms with van der Waals surface area (Å²) in [5, 5.41) is 9.38. The van der Waals surface area contributed by atoms with Crippen LogP contribution in [0.5, 0.6) is 0 Å². The maximum atomic E-state index is 9.38. The van der Waals surface area contributed by atoms with E-state index >= 15 is 0 Å². The van der Waals surface area contributed by atoms with Gasteiger partial charge in [0.25, 0.3) is 0 Å². The molecule has 0 N–H and O–H groups in total. The summed E-state index contributed by atoms with van der Waals surface area (Å²) in [6.07, 6.45) is 5.69. The topological polar surface area (TPSA) is 49.1 Å². The molecule has 1 aromatic rings. The van der Waals surface area contributed by atoms with Gasteiger partial charge in [0.05, 0.1) is 12.2 Å². The number of aromatic nitrogens is 1. The van der Waals surface area contributed by atoms with Crippen molar-refractivity contribution >= 4 is 5.82 Å². The van der Waals surface area contributed by atoms with Crippen LogP contribution in [0.2, 0.25) is 0 Å². The molecule has 2 aliphatic carbocycles. The molecule has 0 radical (unpaired) electrons. The van der Waals surface area contributed by atoms with Crippen LogP contribution in [0.3, 0.4) is 0 Å². The molecule has 4 heteroatoms. The van der Waals surface area contributed by atoms with E-state index in [1.54, 1.807) is 7.11 Å². The number of methoxy groups -OCH3 is 1. The molecule has 1 aromatic heterocycles. The molecule has 0 bridgehead atoms. The molecule has 2 aliphatic rings. The van der Waals surface area contributed by atoms with Crippen LogP contribution >= 0.6 is 0 Å². The van der Waals surface area contributed by atoms with Crippen LogP contribution in [-0.2, 0) is 17.6 Å². The van der Waals surface area contributed by atoms with Gasteiger partial charge in [-0.05, 0) is 43.7 Å². The Kier molecular flexibility index (Phi) is 3.39. The monoisotopic (exact) mass is 257 g/mol. The highest BCUT2D eigenvalue weighted by Crippen LogP contribution is 2.34. The number of nitriles is 1. The second kappa shape index (κ2) is 5.18. The standard InChI is InChI=1S/C15H19N3O/c1-19-8-7-18(13-5-6-13)15-12(10-16)9-11-3-2-4-14(11)17-15/h9,13H,2-8H2,1H3. The molecule has 0 atom stereocenters. The first-order chi connectivity index (χ1) is 9.33. The molecule has 0 spiro atoms. The van der Waals surface area contributed by atoms with E-state index in [-0.39, 0.29) is 0 Å². The average Bonchev–Trinajstić information content (AvgIpc) is 3.16. The zero-order chi connectivity index (χ0) is 13.2. The van der Waals surface area contributed by atoms with Gasteiger partial charge in [-0.25, -0.2) is 4.98 Å². The zero-order valence-corrected chi connectivity index (χ0v) is 11.4. The lowest BCUT2D eigenvalue weighted by atomic mass is 10.1. The molecule has 1 fully saturated rings. The second-order valence-corrected chi connectivity index (χ2v) is 5.35. The molecular formula is C15H19N3O. The van der Waals surface area contributed by atoms with Gasteiger partial charge in [-0.2, -0.15) is 5.26 Å². The van der Waals surface area contributed by atoms with Crippen LogP contribution in [0.15, 0.2) is 6.07 Å². The van der Waals surface area contributed by atoms with E-state index < -0.39 is 0 Å². The highest BCUT2D eigenvalue weighted by Gasteiger charge is 2.32. The number of pyridine rings is 1. The molecule has 0 aromatic carbocycles. The van der Waals surface area contributed by atoms with Gasteiger partial charge >= 0.3 is 0 Å². The number of fused-ring (bicyclic) bond motifs is 1. The fourth-order valence-corrected chi connectivity index (χ4v) is 2.80. The van der Waals surface area contributed by atoms with E-state index in [2.05, 4.69) is 11.0 Å². The van der Waals surface area contributed by atoms with Crippen molar-refractivity contribution in [2.45, 2.75) is 38.1 Å². The number of hydrogen-bond acceptors (Lipinski definition) is 4. The molecule has 100 valence electrons. The number of rotatable bonds is 5. The van der Waals surface area contributed by atoms with Crippen molar-refractivity contribution in [1.29, 1.82) is 5.26 Å². The lowest BCUT2D eigenvalue weighted by molar-refractivity contribution is 0.204. The average molecular weight is 257 g/mol. The third kappa shape index (κ3) is 2.43. The minimum absolute atomic E-state index is 0.550. The van der Waals surface area contributed by atoms with Gasteiger partial charge < -0.3 is 9.64 Å². The number of anilines is 1. The van der Waals surface area contributed by atoms with Gasteiger partial charge in [-0.1, -0.05) is 0 Å². The third-order valence-corrected chi connectivity index (χ3v) is 3.95. The molecule has 0 saturated heterocycles. The summed E-state index contributed by atoms with van der Waals surface area (Å²) in [4.78, 5) is 7.05. The maximum Gasteiger partial charge on any atom is 0.147 e. The zero-order valence-electron chi connectivity index (χ0n) is 11.4. The third-order valence-electron chi connectivity index (χ3n) is 3.95. The number of hydrogen-bond donors (Lipinski definition) is 0. The fourth-order valence-electron chi connectivity index (χ4n) is 2.80. The van der Waals surface area contributed by atoms with Gasteiger partial charge in [0.1, 0.15) is 11.9 Å². The van der Waals surface area contributed by atoms with Crippen LogP contribution in [0.4, 0.5) is 5.82 Å². The van der Waals surface area contributed by atoms with Crippen molar-refractivity contribution in [1.82, 2.24) is 4.98 Å². The lowest BCUT2D eigenvalue weighted by Gasteiger charge is -2.24. The Morgan fingerprint density at radius 3 is 3.00 bits per heavy atom. The number of aryl methyl sites for hydroxylation is 2. The molecule has 1 heterocycles. The highest BCUT2D eigenvalue weighted by atomic mass is 16.5. The molecule has 0 amide bonds. The minimum atomic E-state index is 0.550. The quantitative estimate of drug-likeness (QED) is 0.810. The summed E-state index contributed by atoms with van der Waals surface area (Å²) >= 11 is 0. The first-order valence-electron chi connectivity index (χ1n) is 7.02. The Labute approximate surface area is 114 Å². The summed E-state index contributed by atoms with van der Waals surface area (Å²) in [6, 6.07) is 4.92. The van der Waals surface area contributed by atoms with Gasteiger partial charge in [0, 0.05) is 25.4 Å². The summed E-state index contributed by atoms with van der Waals surface area (Å²) in [6.45, 7) is 1.50. The van der Waals surface area contributed by atoms with Gasteiger partial charge in [-0.3, -0.25) is 0 Å². The van der Waals surface area contributed by atoms with E-state index in [9.17, 15) is 5.26 Å². The summed E-state index contributed by atoms with van der Waals surface area (Å²) < 4.78 is 5.19. The normalized spacial score (nSPS) is 17.1. The summed E-state index contributed by atoms with van der Waals surface area (Å²) in [5.41, 5.74) is 3.18. The smallest absolute Gasteiger partial charge is 0.147 e. The van der Waals surface area contributed by atoms with Gasteiger partial charge in [-0.15, -0.1) is 0 Å². The van der Waals surface area contributed by atoms with Crippen molar-refractivity contribution in [3.63, 3.8) is 0 Å². The van der Waals surface area contributed by atoms with Crippen molar-refractivity contribution in [3.8, 4) is 6.07 Å². The molecule has 19 heavy (non-hydrogen) atoms. The van der Waals surface area contributed by atoms with Crippen molar-refractivity contribution < 1.29 is 4.74 Å². The van der Waals surface area contributed by atoms with E-state index in [0.29, 0.717) is 12.6 Å². The van der Waals surface area contributed by atoms with Crippen LogP contribution in [0, 0.1) is 11.3 Å². The Balaban J connectivity index is 1.95. The fraction of sp³-hybridized carbons (Fsp3) is 0.600. The van der Waals surface area contributed by atoms with E-state index in [1.165, 1.54) is 24.1 Å². The molecule has 4 nitrogen and oxygen atoms in total. The number of nitrogens with zero attached hydrogens (tertiary/aromatic N) is 3. The lowest BCUT2D eigenvalue weighted by Crippen LogP contribution is -2.31. The van der Waals surface area contributed by atoms with Crippen LogP contribution in [0.1, 0.15) is 36.1 Å². The Morgan fingerprint density at radius 1 is 1.47 bits per heavy atom. The van der Waals surface area contributed by atoms with Crippen molar-refractivity contribution in [2.75, 3.05) is 25.2 Å². The second-order valence-electron chi connectivity index (χ2n) is 5.35. The highest BCUT2D eigenvalue weighted by molar-refractivity contribution is 5.58. The van der Waals surface area contributed by atoms with E-state index in [1.807, 2.05) is 6.07 Å². The SMILES string of the molecule is COCCN(c1nc2c(cc1C#N)CCC2)C1CC1. The first-order valence-corrected chi connectivity index (χ1v) is 7.02. The minimum Gasteiger partial charge on any atom is -0.383 e. The molecule has 0 aliphatic heterocycles. The van der Waals surface area contributed by atoms with Crippen LogP contribution < -0.4 is 4.90 Å². The van der Waals surface area contributed by atoms with Crippen molar-refractivity contribution in [3.05, 3.63) is 22.9 Å². The Hall–Kier alpha value is -1.60. The van der Waals surface area contributed by atoms with Crippen LogP contribution in [-0.4, -0.2) is 31.3 Å². The molecule has 1 saturated carbocycles. The van der Waals surface area contributed by atoms with Crippen LogP contribution in [0.25, 0.3) is 0 Å². The Morgan fingerprint density at radius 2 is 2.32 bits per heavy atom. The predicted molar refractivity (Wildman–Crippen MR) is 73.2 cm³/mol. The van der Waals surface area contributed by atoms with Crippen molar-refractivity contribution in [2.24, 2.45) is 0 Å². The largest absolute Gasteiger partial charge is 0.383 e. The summed E-state index contributed by atoms with van der Waals surface area (Å²) in [5.74, 6) is 0.878. The number of ether oxygens (including phenoxy) is 1. The van der Waals surface area contributed by atoms with Gasteiger partial charge in [0.15, 0.2) is 0 Å². The molecular weight excluding hydrogens is 238 g/mol.